The average molecular weight is 569 g/mol. The zero-order valence-corrected chi connectivity index (χ0v) is 18.6. The van der Waals surface area contributed by atoms with Crippen molar-refractivity contribution in [2.45, 2.75) is 10.9 Å². The molecule has 1 aliphatic carbocycles. The molecule has 3 aromatic carbocycles. The maximum atomic E-state index is 13.1. The number of alkyl halides is 1. The molecule has 0 aliphatic heterocycles. The van der Waals surface area contributed by atoms with E-state index in [0.29, 0.717) is 36.7 Å². The molecule has 2 unspecified atom stereocenters. The third kappa shape index (κ3) is 2.20. The first-order valence-corrected chi connectivity index (χ1v) is 10.7. The second kappa shape index (κ2) is 6.13. The van der Waals surface area contributed by atoms with Crippen molar-refractivity contribution in [3.63, 3.8) is 0 Å². The lowest BCUT2D eigenvalue weighted by molar-refractivity contribution is 0.246. The first kappa shape index (κ1) is 18.3. The fourth-order valence-electron chi connectivity index (χ4n) is 3.80. The molecular weight excluding hydrogens is 560 g/mol. The van der Waals surface area contributed by atoms with Crippen molar-refractivity contribution in [3.8, 4) is 5.75 Å². The Morgan fingerprint density at radius 3 is 2.36 bits per heavy atom. The van der Waals surface area contributed by atoms with Gasteiger partial charge in [-0.05, 0) is 37.2 Å². The number of aliphatic hydroxyl groups is 1. The Kier molecular flexibility index (Phi) is 4.00. The van der Waals surface area contributed by atoms with Crippen molar-refractivity contribution >= 4 is 90.9 Å². The fourth-order valence-corrected chi connectivity index (χ4v) is 5.73. The van der Waals surface area contributed by atoms with Gasteiger partial charge in [-0.2, -0.15) is 0 Å². The summed E-state index contributed by atoms with van der Waals surface area (Å²) in [4.78, 5) is 25.2. The number of hydrogen-bond donors (Lipinski definition) is 2. The van der Waals surface area contributed by atoms with E-state index in [0.717, 1.165) is 0 Å². The molecule has 28 heavy (non-hydrogen) atoms. The van der Waals surface area contributed by atoms with Gasteiger partial charge in [-0.25, -0.2) is 0 Å². The summed E-state index contributed by atoms with van der Waals surface area (Å²) >= 11 is 10.1. The number of benzene rings is 3. The lowest BCUT2D eigenvalue weighted by atomic mass is 9.94. The number of halogens is 3. The molecule has 0 fully saturated rings. The number of phenolic OH excluding ortho intramolecular Hbond substituents is 1. The van der Waals surface area contributed by atoms with Crippen LogP contribution >= 0.6 is 47.8 Å². The van der Waals surface area contributed by atoms with E-state index < -0.39 is 22.7 Å². The third-order valence-electron chi connectivity index (χ3n) is 5.07. The predicted molar refractivity (Wildman–Crippen MR) is 119 cm³/mol. The van der Waals surface area contributed by atoms with E-state index in [-0.39, 0.29) is 20.3 Å². The quantitative estimate of drug-likeness (QED) is 0.194. The van der Waals surface area contributed by atoms with Gasteiger partial charge < -0.3 is 14.6 Å². The van der Waals surface area contributed by atoms with Crippen LogP contribution in [0.4, 0.5) is 0 Å². The standard InChI is InChI=1S/C20H9Br3O5/c21-9-5-8-10-6-3-1-2-4-7(6)15(24)12-11(10)20(14(23)18(27)17(12)26)28-19(8)13(22)16(9)25/h1-5,9,16,25-26H. The summed E-state index contributed by atoms with van der Waals surface area (Å²) in [6, 6.07) is 7.03. The highest BCUT2D eigenvalue weighted by atomic mass is 79.9. The van der Waals surface area contributed by atoms with Gasteiger partial charge in [-0.15, -0.1) is 0 Å². The number of rotatable bonds is 0. The highest BCUT2D eigenvalue weighted by Crippen LogP contribution is 2.35. The molecule has 5 nitrogen and oxygen atoms in total. The molecule has 0 bridgehead atoms. The van der Waals surface area contributed by atoms with Gasteiger partial charge in [0, 0.05) is 21.4 Å². The second-order valence-electron chi connectivity index (χ2n) is 6.57. The van der Waals surface area contributed by atoms with Gasteiger partial charge in [0.05, 0.1) is 14.7 Å². The van der Waals surface area contributed by atoms with Crippen LogP contribution in [0.3, 0.4) is 0 Å². The van der Waals surface area contributed by atoms with Gasteiger partial charge in [0.15, 0.2) is 16.8 Å². The zero-order chi connectivity index (χ0) is 19.9. The van der Waals surface area contributed by atoms with Crippen LogP contribution in [0.15, 0.2) is 42.7 Å². The number of hydrogen-bond acceptors (Lipinski definition) is 5. The Balaban J connectivity index is 2.33. The number of aromatic hydroxyl groups is 1. The zero-order valence-electron chi connectivity index (χ0n) is 13.8. The van der Waals surface area contributed by atoms with Crippen LogP contribution < -0.4 is 21.5 Å². The summed E-state index contributed by atoms with van der Waals surface area (Å²) < 4.78 is 6.44. The Bertz CT molecular complexity index is 1570. The summed E-state index contributed by atoms with van der Waals surface area (Å²) in [7, 11) is 0. The van der Waals surface area contributed by atoms with Crippen molar-refractivity contribution < 1.29 is 14.6 Å². The molecule has 0 radical (unpaired) electrons. The summed E-state index contributed by atoms with van der Waals surface area (Å²) in [6.07, 6.45) is 0.929. The van der Waals surface area contributed by atoms with Crippen LogP contribution in [0.1, 0.15) is 0 Å². The molecule has 1 heterocycles. The van der Waals surface area contributed by atoms with Crippen LogP contribution in [-0.4, -0.2) is 21.1 Å². The third-order valence-corrected chi connectivity index (χ3v) is 7.38. The topological polar surface area (TPSA) is 87.7 Å². The van der Waals surface area contributed by atoms with Gasteiger partial charge >= 0.3 is 0 Å². The highest BCUT2D eigenvalue weighted by molar-refractivity contribution is 9.15. The molecule has 2 N–H and O–H groups in total. The van der Waals surface area contributed by atoms with Gasteiger partial charge in [-0.1, -0.05) is 46.3 Å². The van der Waals surface area contributed by atoms with E-state index >= 15 is 0 Å². The first-order chi connectivity index (χ1) is 13.3. The molecule has 1 aliphatic rings. The Labute approximate surface area is 181 Å². The molecule has 0 spiro atoms. The second-order valence-corrected chi connectivity index (χ2v) is 9.27. The predicted octanol–water partition coefficient (Wildman–Crippen LogP) is 2.79. The van der Waals surface area contributed by atoms with Crippen molar-refractivity contribution in [1.82, 2.24) is 0 Å². The molecule has 0 saturated heterocycles. The molecule has 1 aromatic heterocycles. The first-order valence-electron chi connectivity index (χ1n) is 8.22. The van der Waals surface area contributed by atoms with Gasteiger partial charge in [-0.3, -0.25) is 9.59 Å². The summed E-state index contributed by atoms with van der Waals surface area (Å²) in [6.45, 7) is 0. The lowest BCUT2D eigenvalue weighted by Crippen LogP contribution is -2.39. The Morgan fingerprint density at radius 2 is 1.64 bits per heavy atom. The molecule has 8 heteroatoms. The van der Waals surface area contributed by atoms with Gasteiger partial charge in [0.1, 0.15) is 16.0 Å². The van der Waals surface area contributed by atoms with E-state index in [1.165, 1.54) is 0 Å². The minimum Gasteiger partial charge on any atom is -0.504 e. The van der Waals surface area contributed by atoms with E-state index in [9.17, 15) is 19.8 Å². The maximum Gasteiger partial charge on any atom is 0.238 e. The number of aliphatic hydroxyl groups excluding tert-OH is 1. The molecule has 140 valence electrons. The monoisotopic (exact) mass is 566 g/mol. The molecule has 0 saturated carbocycles. The normalized spacial score (nSPS) is 19.4. The molecule has 4 aromatic rings. The Morgan fingerprint density at radius 1 is 0.964 bits per heavy atom. The van der Waals surface area contributed by atoms with Crippen molar-refractivity contribution in [1.29, 1.82) is 0 Å². The van der Waals surface area contributed by atoms with Gasteiger partial charge in [0.25, 0.3) is 0 Å². The van der Waals surface area contributed by atoms with Crippen LogP contribution in [0, 0.1) is 0 Å². The lowest BCUT2D eigenvalue weighted by Gasteiger charge is -2.20. The van der Waals surface area contributed by atoms with Crippen molar-refractivity contribution in [2.75, 3.05) is 0 Å². The van der Waals surface area contributed by atoms with Crippen LogP contribution in [0.25, 0.3) is 43.1 Å². The SMILES string of the molecule is O=c1c(Br)c2oc3c(c4c5ccccc5c(=O)c(c1O)c24)=CC(Br)C(O)C=3Br. The van der Waals surface area contributed by atoms with E-state index in [1.807, 2.05) is 12.1 Å². The van der Waals surface area contributed by atoms with E-state index in [4.69, 9.17) is 4.42 Å². The minimum absolute atomic E-state index is 0.0238. The molecule has 5 rings (SSSR count). The number of fused-ring (bicyclic) bond motifs is 4. The van der Waals surface area contributed by atoms with Crippen LogP contribution in [-0.2, 0) is 0 Å². The maximum absolute atomic E-state index is 13.1. The van der Waals surface area contributed by atoms with Crippen LogP contribution in [0.2, 0.25) is 0 Å². The highest BCUT2D eigenvalue weighted by Gasteiger charge is 2.28. The summed E-state index contributed by atoms with van der Waals surface area (Å²) in [5.41, 5.74) is -0.633. The molecular formula is C20H9Br3O5. The van der Waals surface area contributed by atoms with Crippen LogP contribution in [0.5, 0.6) is 5.75 Å². The molecule has 2 atom stereocenters. The summed E-state index contributed by atoms with van der Waals surface area (Å²) in [5.74, 6) is -0.607. The van der Waals surface area contributed by atoms with Crippen molar-refractivity contribution in [2.24, 2.45) is 0 Å². The smallest absolute Gasteiger partial charge is 0.238 e. The van der Waals surface area contributed by atoms with E-state index in [2.05, 4.69) is 47.8 Å². The summed E-state index contributed by atoms with van der Waals surface area (Å²) in [5, 5.41) is 23.6. The minimum atomic E-state index is -0.872. The fraction of sp³-hybridized carbons (Fsp3) is 0.100. The Hall–Kier alpha value is -1.74. The number of phenols is 1. The molecule has 0 amide bonds. The largest absolute Gasteiger partial charge is 0.504 e. The van der Waals surface area contributed by atoms with E-state index in [1.54, 1.807) is 18.2 Å². The average Bonchev–Trinajstić information content (AvgIpc) is 2.69. The van der Waals surface area contributed by atoms with Gasteiger partial charge in [0.2, 0.25) is 5.43 Å². The van der Waals surface area contributed by atoms with Crippen molar-refractivity contribution in [3.05, 3.63) is 59.8 Å².